The lowest BCUT2D eigenvalue weighted by Crippen LogP contribution is -2.17. The number of aryl methyl sites for hydroxylation is 2. The second kappa shape index (κ2) is 6.94. The van der Waals surface area contributed by atoms with Crippen molar-refractivity contribution in [3.63, 3.8) is 0 Å². The molecule has 1 rings (SSSR count). The molecule has 0 saturated carbocycles. The summed E-state index contributed by atoms with van der Waals surface area (Å²) in [5, 5.41) is 2.61. The van der Waals surface area contributed by atoms with Gasteiger partial charge in [-0.3, -0.25) is 4.79 Å². The van der Waals surface area contributed by atoms with Gasteiger partial charge < -0.3 is 10.1 Å². The quantitative estimate of drug-likeness (QED) is 0.770. The summed E-state index contributed by atoms with van der Waals surface area (Å²) in [4.78, 5) is 11.0. The Balaban J connectivity index is 2.26. The van der Waals surface area contributed by atoms with Crippen LogP contribution in [0.3, 0.4) is 0 Å². The van der Waals surface area contributed by atoms with Crippen molar-refractivity contribution < 1.29 is 9.53 Å². The SMILES string of the molecule is CNC(=O)CCCCOc1cc(C)ccc1C. The summed E-state index contributed by atoms with van der Waals surface area (Å²) in [6, 6.07) is 6.19. The monoisotopic (exact) mass is 235 g/mol. The van der Waals surface area contributed by atoms with E-state index in [2.05, 4.69) is 24.4 Å². The van der Waals surface area contributed by atoms with E-state index in [-0.39, 0.29) is 5.91 Å². The fourth-order valence-electron chi connectivity index (χ4n) is 1.56. The Morgan fingerprint density at radius 2 is 2.06 bits per heavy atom. The standard InChI is InChI=1S/C14H21NO2/c1-11-7-8-12(2)13(10-11)17-9-5-4-6-14(16)15-3/h7-8,10H,4-6,9H2,1-3H3,(H,15,16). The molecule has 0 saturated heterocycles. The molecule has 0 atom stereocenters. The number of ether oxygens (including phenoxy) is 1. The molecule has 0 bridgehead atoms. The lowest BCUT2D eigenvalue weighted by molar-refractivity contribution is -0.120. The van der Waals surface area contributed by atoms with E-state index >= 15 is 0 Å². The Labute approximate surface area is 103 Å². The molecule has 0 aliphatic carbocycles. The number of rotatable bonds is 6. The first kappa shape index (κ1) is 13.6. The predicted molar refractivity (Wildman–Crippen MR) is 69.3 cm³/mol. The molecular formula is C14H21NO2. The first-order valence-corrected chi connectivity index (χ1v) is 6.04. The van der Waals surface area contributed by atoms with Crippen LogP contribution in [0.25, 0.3) is 0 Å². The van der Waals surface area contributed by atoms with Gasteiger partial charge in [0, 0.05) is 13.5 Å². The van der Waals surface area contributed by atoms with Gasteiger partial charge in [-0.1, -0.05) is 12.1 Å². The highest BCUT2D eigenvalue weighted by atomic mass is 16.5. The van der Waals surface area contributed by atoms with Crippen LogP contribution in [0.1, 0.15) is 30.4 Å². The van der Waals surface area contributed by atoms with Gasteiger partial charge in [0.05, 0.1) is 6.61 Å². The van der Waals surface area contributed by atoms with Gasteiger partial charge in [0.2, 0.25) is 5.91 Å². The minimum absolute atomic E-state index is 0.0942. The summed E-state index contributed by atoms with van der Waals surface area (Å²) in [6.07, 6.45) is 2.35. The lowest BCUT2D eigenvalue weighted by atomic mass is 10.1. The third kappa shape index (κ3) is 4.89. The van der Waals surface area contributed by atoms with Crippen LogP contribution in [0.4, 0.5) is 0 Å². The molecule has 0 spiro atoms. The van der Waals surface area contributed by atoms with Crippen molar-refractivity contribution in [1.82, 2.24) is 5.32 Å². The molecule has 0 aliphatic rings. The minimum atomic E-state index is 0.0942. The van der Waals surface area contributed by atoms with Crippen LogP contribution in [-0.2, 0) is 4.79 Å². The molecule has 1 aromatic rings. The zero-order valence-corrected chi connectivity index (χ0v) is 10.9. The minimum Gasteiger partial charge on any atom is -0.493 e. The first-order valence-electron chi connectivity index (χ1n) is 6.04. The first-order chi connectivity index (χ1) is 8.13. The molecule has 0 radical (unpaired) electrons. The summed E-state index contributed by atoms with van der Waals surface area (Å²) < 4.78 is 5.70. The van der Waals surface area contributed by atoms with Gasteiger partial charge >= 0.3 is 0 Å². The molecule has 0 aliphatic heterocycles. The summed E-state index contributed by atoms with van der Waals surface area (Å²) in [5.41, 5.74) is 2.36. The van der Waals surface area contributed by atoms with Crippen molar-refractivity contribution in [2.45, 2.75) is 33.1 Å². The van der Waals surface area contributed by atoms with Crippen LogP contribution >= 0.6 is 0 Å². The molecule has 0 aromatic heterocycles. The van der Waals surface area contributed by atoms with Gasteiger partial charge in [-0.15, -0.1) is 0 Å². The third-order valence-electron chi connectivity index (χ3n) is 2.68. The van der Waals surface area contributed by atoms with Crippen molar-refractivity contribution in [1.29, 1.82) is 0 Å². The number of hydrogen-bond acceptors (Lipinski definition) is 2. The van der Waals surface area contributed by atoms with Gasteiger partial charge in [-0.25, -0.2) is 0 Å². The maximum absolute atomic E-state index is 11.0. The number of amides is 1. The zero-order chi connectivity index (χ0) is 12.7. The van der Waals surface area contributed by atoms with Gasteiger partial charge in [-0.05, 0) is 43.9 Å². The van der Waals surface area contributed by atoms with Crippen LogP contribution in [0.5, 0.6) is 5.75 Å². The van der Waals surface area contributed by atoms with E-state index in [9.17, 15) is 4.79 Å². The Hall–Kier alpha value is -1.51. The fraction of sp³-hybridized carbons (Fsp3) is 0.500. The van der Waals surface area contributed by atoms with Crippen molar-refractivity contribution >= 4 is 5.91 Å². The number of benzene rings is 1. The molecule has 3 heteroatoms. The molecule has 0 fully saturated rings. The molecule has 94 valence electrons. The molecular weight excluding hydrogens is 214 g/mol. The Morgan fingerprint density at radius 1 is 1.29 bits per heavy atom. The molecule has 1 amide bonds. The summed E-state index contributed by atoms with van der Waals surface area (Å²) in [5.74, 6) is 1.04. The van der Waals surface area contributed by atoms with E-state index in [0.29, 0.717) is 13.0 Å². The highest BCUT2D eigenvalue weighted by Gasteiger charge is 2.01. The summed E-state index contributed by atoms with van der Waals surface area (Å²) in [7, 11) is 1.66. The zero-order valence-electron chi connectivity index (χ0n) is 10.9. The van der Waals surface area contributed by atoms with Crippen LogP contribution < -0.4 is 10.1 Å². The molecule has 17 heavy (non-hydrogen) atoms. The molecule has 0 heterocycles. The molecule has 3 nitrogen and oxygen atoms in total. The number of hydrogen-bond donors (Lipinski definition) is 1. The van der Waals surface area contributed by atoms with Crippen molar-refractivity contribution in [2.75, 3.05) is 13.7 Å². The number of carbonyl (C=O) groups excluding carboxylic acids is 1. The number of carbonyl (C=O) groups is 1. The number of nitrogens with one attached hydrogen (secondary N) is 1. The normalized spacial score (nSPS) is 10.1. The van der Waals surface area contributed by atoms with Crippen molar-refractivity contribution in [2.24, 2.45) is 0 Å². The maximum atomic E-state index is 11.0. The molecule has 1 aromatic carbocycles. The third-order valence-corrected chi connectivity index (χ3v) is 2.68. The summed E-state index contributed by atoms with van der Waals surface area (Å²) in [6.45, 7) is 4.76. The Bertz CT molecular complexity index is 374. The lowest BCUT2D eigenvalue weighted by Gasteiger charge is -2.09. The number of unbranched alkanes of at least 4 members (excludes halogenated alkanes) is 1. The van der Waals surface area contributed by atoms with E-state index in [0.717, 1.165) is 24.2 Å². The second-order valence-electron chi connectivity index (χ2n) is 4.25. The van der Waals surface area contributed by atoms with E-state index in [4.69, 9.17) is 4.74 Å². The topological polar surface area (TPSA) is 38.3 Å². The van der Waals surface area contributed by atoms with Gasteiger partial charge in [-0.2, -0.15) is 0 Å². The van der Waals surface area contributed by atoms with E-state index in [1.807, 2.05) is 13.0 Å². The van der Waals surface area contributed by atoms with E-state index < -0.39 is 0 Å². The highest BCUT2D eigenvalue weighted by Crippen LogP contribution is 2.19. The highest BCUT2D eigenvalue weighted by molar-refractivity contribution is 5.75. The van der Waals surface area contributed by atoms with Crippen molar-refractivity contribution in [3.8, 4) is 5.75 Å². The second-order valence-corrected chi connectivity index (χ2v) is 4.25. The Kier molecular flexibility index (Phi) is 5.53. The van der Waals surface area contributed by atoms with Crippen molar-refractivity contribution in [3.05, 3.63) is 29.3 Å². The van der Waals surface area contributed by atoms with Gasteiger partial charge in [0.1, 0.15) is 5.75 Å². The molecule has 1 N–H and O–H groups in total. The largest absolute Gasteiger partial charge is 0.493 e. The maximum Gasteiger partial charge on any atom is 0.219 e. The van der Waals surface area contributed by atoms with Crippen LogP contribution in [0, 0.1) is 13.8 Å². The fourth-order valence-corrected chi connectivity index (χ4v) is 1.56. The average molecular weight is 235 g/mol. The molecule has 0 unspecified atom stereocenters. The smallest absolute Gasteiger partial charge is 0.219 e. The van der Waals surface area contributed by atoms with Crippen LogP contribution in [0.2, 0.25) is 0 Å². The van der Waals surface area contributed by atoms with Gasteiger partial charge in [0.15, 0.2) is 0 Å². The Morgan fingerprint density at radius 3 is 2.76 bits per heavy atom. The van der Waals surface area contributed by atoms with E-state index in [1.165, 1.54) is 5.56 Å². The summed E-state index contributed by atoms with van der Waals surface area (Å²) >= 11 is 0. The average Bonchev–Trinajstić information content (AvgIpc) is 2.32. The van der Waals surface area contributed by atoms with Crippen LogP contribution in [0.15, 0.2) is 18.2 Å². The predicted octanol–water partition coefficient (Wildman–Crippen LogP) is 2.60. The van der Waals surface area contributed by atoms with E-state index in [1.54, 1.807) is 7.05 Å². The van der Waals surface area contributed by atoms with Gasteiger partial charge in [0.25, 0.3) is 0 Å². The van der Waals surface area contributed by atoms with Crippen LogP contribution in [-0.4, -0.2) is 19.6 Å².